The smallest absolute Gasteiger partial charge is 0.433 e. The van der Waals surface area contributed by atoms with Gasteiger partial charge in [0.2, 0.25) is 0 Å². The van der Waals surface area contributed by atoms with Crippen LogP contribution >= 0.6 is 0 Å². The van der Waals surface area contributed by atoms with Crippen LogP contribution in [0.3, 0.4) is 0 Å². The van der Waals surface area contributed by atoms with Crippen LogP contribution in [-0.4, -0.2) is 38.8 Å². The van der Waals surface area contributed by atoms with Crippen molar-refractivity contribution in [3.05, 3.63) is 70.2 Å². The summed E-state index contributed by atoms with van der Waals surface area (Å²) in [6, 6.07) is 9.51. The van der Waals surface area contributed by atoms with Crippen LogP contribution in [0.1, 0.15) is 11.3 Å². The molecule has 0 fully saturated rings. The molecule has 1 atom stereocenters. The molecule has 2 aromatic heterocycles. The molecule has 0 saturated carbocycles. The van der Waals surface area contributed by atoms with Crippen molar-refractivity contribution in [3.63, 3.8) is 0 Å². The van der Waals surface area contributed by atoms with E-state index in [0.29, 0.717) is 23.2 Å². The molecular weight excluding hydrogens is 429 g/mol. The third-order valence-corrected chi connectivity index (χ3v) is 4.59. The minimum atomic E-state index is -4.48. The number of aromatic nitrogens is 3. The van der Waals surface area contributed by atoms with Crippen LogP contribution in [0, 0.1) is 22.0 Å². The maximum Gasteiger partial charge on any atom is 0.433 e. The second-order valence-corrected chi connectivity index (χ2v) is 6.85. The Hall–Kier alpha value is -3.91. The van der Waals surface area contributed by atoms with E-state index in [2.05, 4.69) is 21.8 Å². The number of nitro groups is 1. The molecule has 0 aliphatic carbocycles. The lowest BCUT2D eigenvalue weighted by Gasteiger charge is -2.21. The molecule has 0 amide bonds. The molecule has 0 bridgehead atoms. The van der Waals surface area contributed by atoms with Gasteiger partial charge in [-0.25, -0.2) is 0 Å². The molecule has 164 valence electrons. The Morgan fingerprint density at radius 2 is 2.12 bits per heavy atom. The van der Waals surface area contributed by atoms with Crippen LogP contribution in [-0.2, 0) is 17.5 Å². The molecule has 1 aromatic carbocycles. The van der Waals surface area contributed by atoms with Gasteiger partial charge in [0.05, 0.1) is 6.54 Å². The van der Waals surface area contributed by atoms with Gasteiger partial charge < -0.3 is 19.6 Å². The number of hydrogen-bond acceptors (Lipinski definition) is 6. The van der Waals surface area contributed by atoms with Gasteiger partial charge in [0.15, 0.2) is 0 Å². The van der Waals surface area contributed by atoms with Crippen LogP contribution in [0.4, 0.5) is 19.0 Å². The molecule has 0 radical (unpaired) electrons. The molecular formula is C21H15F3N4O4. The molecule has 3 aromatic rings. The molecule has 0 saturated heterocycles. The van der Waals surface area contributed by atoms with Crippen LogP contribution < -0.4 is 4.74 Å². The standard InChI is InChI=1S/C21H15F3N4O4/c22-21(23,24)18-7-6-16(10-25-18)15-5-1-3-14(9-15)4-2-8-31-17-11-27-12-19(28(29)30)26-20(27)32-13-17/h1,3,5-7,9-10,12,17H,8,11,13H2/t17-/m0/s1. The number of imidazole rings is 1. The second-order valence-electron chi connectivity index (χ2n) is 6.85. The lowest BCUT2D eigenvalue weighted by Crippen LogP contribution is -2.32. The average Bonchev–Trinajstić information content (AvgIpc) is 3.20. The van der Waals surface area contributed by atoms with Crippen molar-refractivity contribution >= 4 is 5.82 Å². The summed E-state index contributed by atoms with van der Waals surface area (Å²) in [6.45, 7) is 0.659. The first-order valence-corrected chi connectivity index (χ1v) is 9.38. The summed E-state index contributed by atoms with van der Waals surface area (Å²) < 4.78 is 50.6. The molecule has 1 aliphatic heterocycles. The number of pyridine rings is 1. The molecule has 8 nitrogen and oxygen atoms in total. The maximum absolute atomic E-state index is 12.7. The number of hydrogen-bond donors (Lipinski definition) is 0. The second kappa shape index (κ2) is 8.68. The summed E-state index contributed by atoms with van der Waals surface area (Å²) in [7, 11) is 0. The zero-order chi connectivity index (χ0) is 22.7. The van der Waals surface area contributed by atoms with Crippen molar-refractivity contribution in [2.75, 3.05) is 13.2 Å². The number of ether oxygens (including phenoxy) is 2. The van der Waals surface area contributed by atoms with Gasteiger partial charge in [-0.15, -0.1) is 0 Å². The van der Waals surface area contributed by atoms with Crippen molar-refractivity contribution in [2.45, 2.75) is 18.8 Å². The van der Waals surface area contributed by atoms with E-state index in [1.807, 2.05) is 0 Å². The monoisotopic (exact) mass is 444 g/mol. The van der Waals surface area contributed by atoms with Gasteiger partial charge in [-0.3, -0.25) is 9.55 Å². The fraction of sp³-hybridized carbons (Fsp3) is 0.238. The summed E-state index contributed by atoms with van der Waals surface area (Å²) >= 11 is 0. The zero-order valence-corrected chi connectivity index (χ0v) is 16.4. The highest BCUT2D eigenvalue weighted by Gasteiger charge is 2.32. The normalized spacial score (nSPS) is 15.3. The van der Waals surface area contributed by atoms with Gasteiger partial charge in [0.25, 0.3) is 0 Å². The summed E-state index contributed by atoms with van der Waals surface area (Å²) in [5, 5.41) is 10.8. The number of halogens is 3. The maximum atomic E-state index is 12.7. The predicted octanol–water partition coefficient (Wildman–Crippen LogP) is 3.70. The Morgan fingerprint density at radius 3 is 2.84 bits per heavy atom. The Kier molecular flexibility index (Phi) is 5.79. The summed E-state index contributed by atoms with van der Waals surface area (Å²) in [6.07, 6.45) is -2.35. The van der Waals surface area contributed by atoms with E-state index in [1.54, 1.807) is 24.3 Å². The van der Waals surface area contributed by atoms with E-state index >= 15 is 0 Å². The van der Waals surface area contributed by atoms with E-state index in [-0.39, 0.29) is 31.1 Å². The topological polar surface area (TPSA) is 92.3 Å². The van der Waals surface area contributed by atoms with Crippen LogP contribution in [0.5, 0.6) is 6.01 Å². The first-order chi connectivity index (χ1) is 15.3. The first-order valence-electron chi connectivity index (χ1n) is 9.38. The lowest BCUT2D eigenvalue weighted by atomic mass is 10.0. The minimum Gasteiger partial charge on any atom is -0.443 e. The number of alkyl halides is 3. The van der Waals surface area contributed by atoms with Crippen molar-refractivity contribution in [3.8, 4) is 29.0 Å². The Morgan fingerprint density at radius 1 is 1.28 bits per heavy atom. The fourth-order valence-corrected chi connectivity index (χ4v) is 3.07. The molecule has 3 heterocycles. The van der Waals surface area contributed by atoms with E-state index in [1.165, 1.54) is 23.0 Å². The third kappa shape index (κ3) is 4.87. The van der Waals surface area contributed by atoms with Gasteiger partial charge in [-0.05, 0) is 28.7 Å². The van der Waals surface area contributed by atoms with Gasteiger partial charge in [-0.1, -0.05) is 30.0 Å². The van der Waals surface area contributed by atoms with Crippen molar-refractivity contribution in [1.82, 2.24) is 14.5 Å². The third-order valence-electron chi connectivity index (χ3n) is 4.59. The molecule has 0 spiro atoms. The zero-order valence-electron chi connectivity index (χ0n) is 16.4. The van der Waals surface area contributed by atoms with Crippen molar-refractivity contribution in [2.24, 2.45) is 0 Å². The highest BCUT2D eigenvalue weighted by Crippen LogP contribution is 2.29. The molecule has 0 unspecified atom stereocenters. The first kappa shape index (κ1) is 21.3. The predicted molar refractivity (Wildman–Crippen MR) is 106 cm³/mol. The fourth-order valence-electron chi connectivity index (χ4n) is 3.07. The number of rotatable bonds is 4. The van der Waals surface area contributed by atoms with Crippen LogP contribution in [0.15, 0.2) is 48.8 Å². The van der Waals surface area contributed by atoms with Gasteiger partial charge >= 0.3 is 18.0 Å². The summed E-state index contributed by atoms with van der Waals surface area (Å²) in [5.74, 6) is 5.53. The molecule has 0 N–H and O–H groups in total. The van der Waals surface area contributed by atoms with E-state index < -0.39 is 16.8 Å². The van der Waals surface area contributed by atoms with Crippen molar-refractivity contribution < 1.29 is 27.6 Å². The summed E-state index contributed by atoms with van der Waals surface area (Å²) in [4.78, 5) is 17.4. The minimum absolute atomic E-state index is 0.103. The summed E-state index contributed by atoms with van der Waals surface area (Å²) in [5.41, 5.74) is 0.952. The lowest BCUT2D eigenvalue weighted by molar-refractivity contribution is -0.389. The van der Waals surface area contributed by atoms with E-state index in [4.69, 9.17) is 9.47 Å². The molecule has 1 aliphatic rings. The molecule has 4 rings (SSSR count). The van der Waals surface area contributed by atoms with Gasteiger partial charge in [-0.2, -0.15) is 13.2 Å². The highest BCUT2D eigenvalue weighted by molar-refractivity contribution is 5.64. The Labute approximate surface area is 179 Å². The number of benzene rings is 1. The largest absolute Gasteiger partial charge is 0.443 e. The molecule has 11 heteroatoms. The van der Waals surface area contributed by atoms with Gasteiger partial charge in [0.1, 0.15) is 31.2 Å². The van der Waals surface area contributed by atoms with Crippen LogP contribution in [0.2, 0.25) is 0 Å². The Balaban J connectivity index is 1.36. The molecule has 32 heavy (non-hydrogen) atoms. The number of nitrogens with zero attached hydrogens (tertiary/aromatic N) is 4. The van der Waals surface area contributed by atoms with E-state index in [0.717, 1.165) is 6.07 Å². The van der Waals surface area contributed by atoms with Crippen LogP contribution in [0.25, 0.3) is 11.1 Å². The van der Waals surface area contributed by atoms with Gasteiger partial charge in [0, 0.05) is 22.3 Å². The highest BCUT2D eigenvalue weighted by atomic mass is 19.4. The number of fused-ring (bicyclic) bond motifs is 1. The quantitative estimate of drug-likeness (QED) is 0.346. The average molecular weight is 444 g/mol. The SMILES string of the molecule is O=[N+]([O-])c1cn2c(n1)OC[C@@H](OCC#Cc1cccc(-c3ccc(C(F)(F)F)nc3)c1)C2. The van der Waals surface area contributed by atoms with Crippen molar-refractivity contribution in [1.29, 1.82) is 0 Å². The van der Waals surface area contributed by atoms with E-state index in [9.17, 15) is 23.3 Å². The Bertz CT molecular complexity index is 1200.